The number of nitrogens with one attached hydrogen (secondary N) is 1. The number of morpholine rings is 1. The molecule has 0 aliphatic carbocycles. The van der Waals surface area contributed by atoms with Gasteiger partial charge >= 0.3 is 0 Å². The van der Waals surface area contributed by atoms with Crippen LogP contribution in [0.1, 0.15) is 30.9 Å². The van der Waals surface area contributed by atoms with Crippen molar-refractivity contribution < 1.29 is 4.74 Å². The maximum Gasteiger partial charge on any atom is 0.193 e. The molecule has 2 aliphatic heterocycles. The first kappa shape index (κ1) is 21.8. The van der Waals surface area contributed by atoms with Crippen molar-refractivity contribution in [3.63, 3.8) is 0 Å². The van der Waals surface area contributed by atoms with Gasteiger partial charge in [0.05, 0.1) is 18.8 Å². The Hall–Kier alpha value is -2.44. The third-order valence-corrected chi connectivity index (χ3v) is 6.55. The minimum atomic E-state index is 0.232. The fourth-order valence-corrected chi connectivity index (χ4v) is 4.81. The Labute approximate surface area is 186 Å². The summed E-state index contributed by atoms with van der Waals surface area (Å²) in [4.78, 5) is 13.9. The van der Waals surface area contributed by atoms with E-state index < -0.39 is 0 Å². The number of ether oxygens (including phenoxy) is 1. The van der Waals surface area contributed by atoms with Crippen LogP contribution in [0.5, 0.6) is 0 Å². The molecule has 0 bridgehead atoms. The number of pyridine rings is 1. The molecule has 0 spiro atoms. The van der Waals surface area contributed by atoms with Gasteiger partial charge in [0.2, 0.25) is 0 Å². The van der Waals surface area contributed by atoms with Crippen LogP contribution in [-0.2, 0) is 11.3 Å². The maximum atomic E-state index is 6.15. The summed E-state index contributed by atoms with van der Waals surface area (Å²) >= 11 is 0. The van der Waals surface area contributed by atoms with Gasteiger partial charge in [-0.3, -0.25) is 14.9 Å². The second-order valence-electron chi connectivity index (χ2n) is 8.90. The number of aliphatic imine (C=N–C) groups is 1. The molecule has 3 heterocycles. The highest BCUT2D eigenvalue weighted by molar-refractivity contribution is 5.80. The van der Waals surface area contributed by atoms with E-state index in [1.165, 1.54) is 11.1 Å². The summed E-state index contributed by atoms with van der Waals surface area (Å²) in [6.07, 6.45) is 4.05. The standard InChI is InChI=1S/C25H35N5O/c1-19(2)22(21-10-7-11-27-14-21)15-28-25(26-3)30-17-23-24(18-30)31-13-12-29(23)16-20-8-5-4-6-9-20/h4-11,14,19,22-24H,12-13,15-18H2,1-3H3,(H,26,28). The topological polar surface area (TPSA) is 53.0 Å². The number of hydrogen-bond acceptors (Lipinski definition) is 4. The van der Waals surface area contributed by atoms with E-state index in [-0.39, 0.29) is 6.10 Å². The van der Waals surface area contributed by atoms with Crippen molar-refractivity contribution >= 4 is 5.96 Å². The maximum absolute atomic E-state index is 6.15. The molecule has 0 saturated carbocycles. The van der Waals surface area contributed by atoms with E-state index in [1.807, 2.05) is 25.5 Å². The molecule has 4 rings (SSSR count). The molecule has 2 aliphatic rings. The molecule has 6 nitrogen and oxygen atoms in total. The van der Waals surface area contributed by atoms with Gasteiger partial charge in [-0.15, -0.1) is 0 Å². The zero-order chi connectivity index (χ0) is 21.6. The molecule has 2 saturated heterocycles. The van der Waals surface area contributed by atoms with Crippen LogP contribution in [0.2, 0.25) is 0 Å². The van der Waals surface area contributed by atoms with Crippen LogP contribution in [0.25, 0.3) is 0 Å². The van der Waals surface area contributed by atoms with E-state index in [9.17, 15) is 0 Å². The van der Waals surface area contributed by atoms with Gasteiger partial charge in [0.1, 0.15) is 0 Å². The molecule has 3 atom stereocenters. The summed E-state index contributed by atoms with van der Waals surface area (Å²) in [5.74, 6) is 1.87. The van der Waals surface area contributed by atoms with Crippen molar-refractivity contribution in [1.82, 2.24) is 20.1 Å². The molecule has 1 N–H and O–H groups in total. The number of aromatic nitrogens is 1. The van der Waals surface area contributed by atoms with E-state index in [4.69, 9.17) is 4.74 Å². The normalized spacial score (nSPS) is 23.1. The zero-order valence-electron chi connectivity index (χ0n) is 18.9. The minimum absolute atomic E-state index is 0.232. The minimum Gasteiger partial charge on any atom is -0.373 e. The van der Waals surface area contributed by atoms with Gasteiger partial charge in [-0.05, 0) is 23.1 Å². The van der Waals surface area contributed by atoms with Gasteiger partial charge in [-0.25, -0.2) is 0 Å². The Morgan fingerprint density at radius 3 is 2.74 bits per heavy atom. The lowest BCUT2D eigenvalue weighted by molar-refractivity contribution is -0.0502. The number of rotatable bonds is 6. The van der Waals surface area contributed by atoms with Crippen molar-refractivity contribution in [1.29, 1.82) is 0 Å². The number of benzene rings is 1. The highest BCUT2D eigenvalue weighted by Gasteiger charge is 2.41. The molecule has 31 heavy (non-hydrogen) atoms. The van der Waals surface area contributed by atoms with Crippen LogP contribution in [0.4, 0.5) is 0 Å². The summed E-state index contributed by atoms with van der Waals surface area (Å²) in [5, 5.41) is 3.64. The van der Waals surface area contributed by atoms with Crippen LogP contribution in [0.15, 0.2) is 59.9 Å². The fourth-order valence-electron chi connectivity index (χ4n) is 4.81. The average molecular weight is 422 g/mol. The van der Waals surface area contributed by atoms with E-state index in [0.717, 1.165) is 45.3 Å². The zero-order valence-corrected chi connectivity index (χ0v) is 18.9. The number of nitrogens with zero attached hydrogens (tertiary/aromatic N) is 4. The molecular formula is C25H35N5O. The Kier molecular flexibility index (Phi) is 7.20. The number of guanidine groups is 1. The predicted octanol–water partition coefficient (Wildman–Crippen LogP) is 2.98. The van der Waals surface area contributed by atoms with E-state index in [1.54, 1.807) is 0 Å². The summed E-state index contributed by atoms with van der Waals surface area (Å²) < 4.78 is 6.15. The first-order valence-electron chi connectivity index (χ1n) is 11.4. The summed E-state index contributed by atoms with van der Waals surface area (Å²) in [6, 6.07) is 15.3. The van der Waals surface area contributed by atoms with Crippen LogP contribution < -0.4 is 5.32 Å². The first-order valence-corrected chi connectivity index (χ1v) is 11.4. The largest absolute Gasteiger partial charge is 0.373 e. The predicted molar refractivity (Wildman–Crippen MR) is 125 cm³/mol. The molecule has 3 unspecified atom stereocenters. The van der Waals surface area contributed by atoms with Gasteiger partial charge < -0.3 is 15.0 Å². The van der Waals surface area contributed by atoms with Crippen LogP contribution in [0, 0.1) is 5.92 Å². The Morgan fingerprint density at radius 2 is 2.03 bits per heavy atom. The molecular weight excluding hydrogens is 386 g/mol. The van der Waals surface area contributed by atoms with Gasteiger partial charge in [-0.2, -0.15) is 0 Å². The summed E-state index contributed by atoms with van der Waals surface area (Å²) in [6.45, 7) is 9.95. The van der Waals surface area contributed by atoms with Crippen LogP contribution in [-0.4, -0.2) is 72.7 Å². The number of likely N-dealkylation sites (tertiary alicyclic amines) is 1. The average Bonchev–Trinajstić information content (AvgIpc) is 3.23. The molecule has 2 aromatic rings. The third kappa shape index (κ3) is 5.25. The van der Waals surface area contributed by atoms with Gasteiger partial charge in [0, 0.05) is 58.1 Å². The number of fused-ring (bicyclic) bond motifs is 1. The first-order chi connectivity index (χ1) is 15.2. The van der Waals surface area contributed by atoms with Crippen molar-refractivity contribution in [3.8, 4) is 0 Å². The second-order valence-corrected chi connectivity index (χ2v) is 8.90. The lowest BCUT2D eigenvalue weighted by atomic mass is 9.89. The fraction of sp³-hybridized carbons (Fsp3) is 0.520. The van der Waals surface area contributed by atoms with E-state index >= 15 is 0 Å². The Balaban J connectivity index is 1.39. The molecule has 1 aromatic heterocycles. The highest BCUT2D eigenvalue weighted by Crippen LogP contribution is 2.26. The van der Waals surface area contributed by atoms with Crippen molar-refractivity contribution in [3.05, 3.63) is 66.0 Å². The summed E-state index contributed by atoms with van der Waals surface area (Å²) in [7, 11) is 1.88. The highest BCUT2D eigenvalue weighted by atomic mass is 16.5. The van der Waals surface area contributed by atoms with Gasteiger partial charge in [-0.1, -0.05) is 50.2 Å². The van der Waals surface area contributed by atoms with Crippen LogP contribution in [0.3, 0.4) is 0 Å². The van der Waals surface area contributed by atoms with Gasteiger partial charge in [0.15, 0.2) is 5.96 Å². The Bertz CT molecular complexity index is 842. The van der Waals surface area contributed by atoms with Crippen molar-refractivity contribution in [2.45, 2.75) is 38.5 Å². The number of hydrogen-bond donors (Lipinski definition) is 1. The molecule has 1 aromatic carbocycles. The second kappa shape index (κ2) is 10.2. The van der Waals surface area contributed by atoms with Crippen LogP contribution >= 0.6 is 0 Å². The molecule has 0 radical (unpaired) electrons. The lowest BCUT2D eigenvalue weighted by Gasteiger charge is -2.36. The van der Waals surface area contributed by atoms with Crippen molar-refractivity contribution in [2.75, 3.05) is 39.8 Å². The smallest absolute Gasteiger partial charge is 0.193 e. The molecule has 166 valence electrons. The van der Waals surface area contributed by atoms with Crippen molar-refractivity contribution in [2.24, 2.45) is 10.9 Å². The van der Waals surface area contributed by atoms with E-state index in [0.29, 0.717) is 17.9 Å². The monoisotopic (exact) mass is 421 g/mol. The SMILES string of the molecule is CN=C(NCC(c1cccnc1)C(C)C)N1CC2OCCN(Cc3ccccc3)C2C1. The summed E-state index contributed by atoms with van der Waals surface area (Å²) in [5.41, 5.74) is 2.63. The molecule has 2 fully saturated rings. The Morgan fingerprint density at radius 1 is 1.19 bits per heavy atom. The quantitative estimate of drug-likeness (QED) is 0.574. The molecule has 0 amide bonds. The van der Waals surface area contributed by atoms with Gasteiger partial charge in [0.25, 0.3) is 0 Å². The molecule has 6 heteroatoms. The van der Waals surface area contributed by atoms with E-state index in [2.05, 4.69) is 75.3 Å². The lowest BCUT2D eigenvalue weighted by Crippen LogP contribution is -2.50. The third-order valence-electron chi connectivity index (χ3n) is 6.55.